The van der Waals surface area contributed by atoms with Gasteiger partial charge in [-0.1, -0.05) is 11.6 Å². The predicted molar refractivity (Wildman–Crippen MR) is 70.9 cm³/mol. The van der Waals surface area contributed by atoms with Crippen molar-refractivity contribution in [3.05, 3.63) is 5.76 Å². The van der Waals surface area contributed by atoms with Crippen molar-refractivity contribution in [2.45, 2.75) is 36.3 Å². The lowest BCUT2D eigenvalue weighted by molar-refractivity contribution is 0.396. The maximum absolute atomic E-state index is 12.1. The zero-order valence-corrected chi connectivity index (χ0v) is 11.8. The van der Waals surface area contributed by atoms with E-state index >= 15 is 0 Å². The van der Waals surface area contributed by atoms with Crippen molar-refractivity contribution in [3.8, 4) is 0 Å². The molecule has 18 heavy (non-hydrogen) atoms. The summed E-state index contributed by atoms with van der Waals surface area (Å²) in [7, 11) is -3.62. The molecule has 0 bridgehead atoms. The molecule has 1 saturated heterocycles. The fourth-order valence-electron chi connectivity index (χ4n) is 1.95. The molecule has 0 amide bonds. The average molecular weight is 291 g/mol. The number of nitrogens with zero attached hydrogens (tertiary/aromatic N) is 1. The summed E-state index contributed by atoms with van der Waals surface area (Å²) < 4.78 is 31.5. The van der Waals surface area contributed by atoms with Gasteiger partial charge < -0.3 is 10.3 Å². The van der Waals surface area contributed by atoms with E-state index in [0.29, 0.717) is 11.8 Å². The van der Waals surface area contributed by atoms with Gasteiger partial charge in [-0.3, -0.25) is 0 Å². The molecule has 3 N–H and O–H groups in total. The van der Waals surface area contributed by atoms with Gasteiger partial charge in [-0.05, 0) is 25.5 Å². The van der Waals surface area contributed by atoms with Gasteiger partial charge in [-0.2, -0.15) is 11.8 Å². The van der Waals surface area contributed by atoms with Gasteiger partial charge in [0.2, 0.25) is 10.0 Å². The molecule has 1 aliphatic heterocycles. The van der Waals surface area contributed by atoms with E-state index in [1.54, 1.807) is 0 Å². The summed E-state index contributed by atoms with van der Waals surface area (Å²) in [6.07, 6.45) is 3.42. The first-order chi connectivity index (χ1) is 8.50. The van der Waals surface area contributed by atoms with E-state index in [0.717, 1.165) is 18.6 Å². The van der Waals surface area contributed by atoms with Gasteiger partial charge in [0, 0.05) is 11.8 Å². The van der Waals surface area contributed by atoms with Crippen LogP contribution < -0.4 is 10.5 Å². The lowest BCUT2D eigenvalue weighted by Crippen LogP contribution is -2.32. The van der Waals surface area contributed by atoms with E-state index in [2.05, 4.69) is 9.88 Å². The molecule has 6 nitrogen and oxygen atoms in total. The van der Waals surface area contributed by atoms with Crippen LogP contribution >= 0.6 is 11.8 Å². The molecule has 0 aliphatic carbocycles. The highest BCUT2D eigenvalue weighted by atomic mass is 32.2. The normalized spacial score (nSPS) is 21.1. The Kier molecular flexibility index (Phi) is 4.18. The number of thioether (sulfide) groups is 1. The molecule has 0 spiro atoms. The van der Waals surface area contributed by atoms with E-state index in [4.69, 9.17) is 10.3 Å². The topological polar surface area (TPSA) is 98.2 Å². The van der Waals surface area contributed by atoms with Gasteiger partial charge in [0.15, 0.2) is 16.5 Å². The Morgan fingerprint density at radius 3 is 2.89 bits per heavy atom. The predicted octanol–water partition coefficient (Wildman–Crippen LogP) is 1.13. The van der Waals surface area contributed by atoms with E-state index in [9.17, 15) is 8.42 Å². The lowest BCUT2D eigenvalue weighted by atomic mass is 10.2. The highest BCUT2D eigenvalue weighted by molar-refractivity contribution is 8.00. The second-order valence-electron chi connectivity index (χ2n) is 4.29. The second-order valence-corrected chi connectivity index (χ2v) is 7.41. The lowest BCUT2D eigenvalue weighted by Gasteiger charge is -2.21. The maximum atomic E-state index is 12.1. The Hall–Kier alpha value is -0.730. The molecule has 1 fully saturated rings. The van der Waals surface area contributed by atoms with Crippen molar-refractivity contribution < 1.29 is 12.9 Å². The molecule has 2 rings (SSSR count). The fourth-order valence-corrected chi connectivity index (χ4v) is 4.59. The van der Waals surface area contributed by atoms with Gasteiger partial charge in [-0.25, -0.2) is 13.1 Å². The minimum absolute atomic E-state index is 0.0386. The standard InChI is InChI=1S/C10H17N3O3S2/c1-7-9(10(11)13-16-7)18(14,15)12-6-8-4-2-3-5-17-8/h8,12H,2-6H2,1H3,(H2,11,13). The Labute approximate surface area is 111 Å². The van der Waals surface area contributed by atoms with Crippen LogP contribution in [0.4, 0.5) is 5.82 Å². The highest BCUT2D eigenvalue weighted by Crippen LogP contribution is 2.26. The summed E-state index contributed by atoms with van der Waals surface area (Å²) in [6.45, 7) is 1.96. The van der Waals surface area contributed by atoms with Crippen molar-refractivity contribution >= 4 is 27.6 Å². The van der Waals surface area contributed by atoms with E-state index in [-0.39, 0.29) is 16.5 Å². The zero-order chi connectivity index (χ0) is 13.2. The number of nitrogens with two attached hydrogens (primary N) is 1. The number of nitrogens with one attached hydrogen (secondary N) is 1. The molecule has 1 aliphatic rings. The van der Waals surface area contributed by atoms with Crippen LogP contribution in [-0.2, 0) is 10.0 Å². The monoisotopic (exact) mass is 291 g/mol. The van der Waals surface area contributed by atoms with Crippen LogP contribution in [-0.4, -0.2) is 31.1 Å². The van der Waals surface area contributed by atoms with Gasteiger partial charge >= 0.3 is 0 Å². The smallest absolute Gasteiger partial charge is 0.247 e. The molecule has 8 heteroatoms. The summed E-state index contributed by atoms with van der Waals surface area (Å²) in [5.74, 6) is 1.23. The third-order valence-electron chi connectivity index (χ3n) is 2.88. The van der Waals surface area contributed by atoms with Gasteiger partial charge in [0.25, 0.3) is 0 Å². The fraction of sp³-hybridized carbons (Fsp3) is 0.700. The molecule has 0 radical (unpaired) electrons. The number of aryl methyl sites for hydroxylation is 1. The van der Waals surface area contributed by atoms with Crippen LogP contribution in [0, 0.1) is 6.92 Å². The highest BCUT2D eigenvalue weighted by Gasteiger charge is 2.26. The van der Waals surface area contributed by atoms with Crippen molar-refractivity contribution in [2.75, 3.05) is 18.0 Å². The van der Waals surface area contributed by atoms with Crippen molar-refractivity contribution in [1.29, 1.82) is 0 Å². The number of hydrogen-bond acceptors (Lipinski definition) is 6. The number of aromatic nitrogens is 1. The third-order valence-corrected chi connectivity index (χ3v) is 5.86. The summed E-state index contributed by atoms with van der Waals surface area (Å²) >= 11 is 1.81. The molecular weight excluding hydrogens is 274 g/mol. The molecule has 1 aromatic heterocycles. The Balaban J connectivity index is 2.03. The number of rotatable bonds is 4. The first-order valence-electron chi connectivity index (χ1n) is 5.83. The molecule has 0 aromatic carbocycles. The van der Waals surface area contributed by atoms with Gasteiger partial charge in [-0.15, -0.1) is 0 Å². The van der Waals surface area contributed by atoms with Crippen LogP contribution in [0.25, 0.3) is 0 Å². The molecule has 2 heterocycles. The van der Waals surface area contributed by atoms with Crippen LogP contribution in [0.5, 0.6) is 0 Å². The Bertz CT molecular complexity index is 487. The van der Waals surface area contributed by atoms with Crippen molar-refractivity contribution in [2.24, 2.45) is 0 Å². The molecule has 1 unspecified atom stereocenters. The van der Waals surface area contributed by atoms with Crippen LogP contribution in [0.3, 0.4) is 0 Å². The summed E-state index contributed by atoms with van der Waals surface area (Å²) in [4.78, 5) is -0.0386. The SMILES string of the molecule is Cc1onc(N)c1S(=O)(=O)NCC1CCCCS1. The van der Waals surface area contributed by atoms with E-state index in [1.807, 2.05) is 11.8 Å². The maximum Gasteiger partial charge on any atom is 0.247 e. The largest absolute Gasteiger partial charge is 0.380 e. The van der Waals surface area contributed by atoms with E-state index < -0.39 is 10.0 Å². The van der Waals surface area contributed by atoms with Crippen LogP contribution in [0.1, 0.15) is 25.0 Å². The van der Waals surface area contributed by atoms with Crippen molar-refractivity contribution in [3.63, 3.8) is 0 Å². The second kappa shape index (κ2) is 5.50. The van der Waals surface area contributed by atoms with E-state index in [1.165, 1.54) is 13.3 Å². The first kappa shape index (κ1) is 13.7. The van der Waals surface area contributed by atoms with Crippen LogP contribution in [0.2, 0.25) is 0 Å². The first-order valence-corrected chi connectivity index (χ1v) is 8.37. The molecule has 1 aromatic rings. The Morgan fingerprint density at radius 1 is 1.56 bits per heavy atom. The quantitative estimate of drug-likeness (QED) is 0.863. The summed E-state index contributed by atoms with van der Waals surface area (Å²) in [5, 5.41) is 3.80. The number of sulfonamides is 1. The minimum Gasteiger partial charge on any atom is -0.380 e. The number of anilines is 1. The summed E-state index contributed by atoms with van der Waals surface area (Å²) in [6, 6.07) is 0. The number of hydrogen-bond donors (Lipinski definition) is 2. The molecule has 1 atom stereocenters. The molecule has 102 valence electrons. The molecular formula is C10H17N3O3S2. The van der Waals surface area contributed by atoms with Crippen LogP contribution in [0.15, 0.2) is 9.42 Å². The summed E-state index contributed by atoms with van der Waals surface area (Å²) in [5.41, 5.74) is 5.51. The number of nitrogen functional groups attached to an aromatic ring is 1. The molecule has 0 saturated carbocycles. The Morgan fingerprint density at radius 2 is 2.33 bits per heavy atom. The third kappa shape index (κ3) is 2.99. The zero-order valence-electron chi connectivity index (χ0n) is 10.2. The van der Waals surface area contributed by atoms with Crippen molar-refractivity contribution in [1.82, 2.24) is 9.88 Å². The average Bonchev–Trinajstić information content (AvgIpc) is 2.69. The van der Waals surface area contributed by atoms with Gasteiger partial charge in [0.1, 0.15) is 0 Å². The minimum atomic E-state index is -3.62. The van der Waals surface area contributed by atoms with Gasteiger partial charge in [0.05, 0.1) is 0 Å².